The molecular weight excluding hydrogens is 436 g/mol. The molecule has 7 heteroatoms. The van der Waals surface area contributed by atoms with E-state index in [0.29, 0.717) is 17.7 Å². The molecule has 2 aromatic heterocycles. The SMILES string of the molecule is Cc1ccc(C)c(NC(=O)CSc2nnc(-c3cccs3)n2[C@@H](C)[C@@H]2C[C@@H]3CC[C@@H]2C3)c1. The van der Waals surface area contributed by atoms with E-state index in [1.807, 2.05) is 26.0 Å². The zero-order chi connectivity index (χ0) is 22.2. The first-order chi connectivity index (χ1) is 15.5. The van der Waals surface area contributed by atoms with Crippen LogP contribution in [0.1, 0.15) is 49.8 Å². The van der Waals surface area contributed by atoms with Gasteiger partial charge in [0.05, 0.1) is 10.6 Å². The van der Waals surface area contributed by atoms with Crippen molar-refractivity contribution in [3.8, 4) is 10.7 Å². The number of hydrogen-bond acceptors (Lipinski definition) is 5. The molecule has 0 aliphatic heterocycles. The molecular formula is C25H30N4OS2. The molecule has 0 radical (unpaired) electrons. The Hall–Kier alpha value is -2.12. The van der Waals surface area contributed by atoms with Gasteiger partial charge in [-0.25, -0.2) is 0 Å². The Morgan fingerprint density at radius 1 is 1.25 bits per heavy atom. The van der Waals surface area contributed by atoms with Gasteiger partial charge in [-0.2, -0.15) is 0 Å². The van der Waals surface area contributed by atoms with Gasteiger partial charge in [0.25, 0.3) is 0 Å². The van der Waals surface area contributed by atoms with Crippen LogP contribution in [0.15, 0.2) is 40.9 Å². The third kappa shape index (κ3) is 4.25. The fourth-order valence-corrected chi connectivity index (χ4v) is 7.11. The zero-order valence-electron chi connectivity index (χ0n) is 18.9. The first-order valence-corrected chi connectivity index (χ1v) is 13.3. The number of amides is 1. The van der Waals surface area contributed by atoms with E-state index in [9.17, 15) is 4.79 Å². The predicted molar refractivity (Wildman–Crippen MR) is 132 cm³/mol. The normalized spacial score (nSPS) is 22.9. The number of fused-ring (bicyclic) bond motifs is 2. The smallest absolute Gasteiger partial charge is 0.234 e. The molecule has 0 unspecified atom stereocenters. The van der Waals surface area contributed by atoms with Gasteiger partial charge in [-0.1, -0.05) is 36.4 Å². The van der Waals surface area contributed by atoms with Crippen LogP contribution in [0.3, 0.4) is 0 Å². The molecule has 2 saturated carbocycles. The number of benzene rings is 1. The van der Waals surface area contributed by atoms with Crippen LogP contribution in [0, 0.1) is 31.6 Å². The lowest BCUT2D eigenvalue weighted by Crippen LogP contribution is -2.23. The number of aryl methyl sites for hydroxylation is 2. The summed E-state index contributed by atoms with van der Waals surface area (Å²) in [6.45, 7) is 6.38. The number of carbonyl (C=O) groups excluding carboxylic acids is 1. The molecule has 4 atom stereocenters. The maximum atomic E-state index is 12.7. The van der Waals surface area contributed by atoms with Crippen molar-refractivity contribution in [2.45, 2.75) is 57.7 Å². The minimum atomic E-state index is -0.0106. The highest BCUT2D eigenvalue weighted by Crippen LogP contribution is 2.53. The van der Waals surface area contributed by atoms with Crippen LogP contribution in [0.4, 0.5) is 5.69 Å². The van der Waals surface area contributed by atoms with E-state index in [2.05, 4.69) is 50.6 Å². The van der Waals surface area contributed by atoms with Gasteiger partial charge in [0, 0.05) is 11.7 Å². The first-order valence-electron chi connectivity index (χ1n) is 11.5. The third-order valence-corrected chi connectivity index (χ3v) is 9.03. The minimum absolute atomic E-state index is 0.0106. The van der Waals surface area contributed by atoms with Gasteiger partial charge in [-0.15, -0.1) is 21.5 Å². The molecule has 2 heterocycles. The fourth-order valence-electron chi connectivity index (χ4n) is 5.58. The predicted octanol–water partition coefficient (Wildman–Crippen LogP) is 6.35. The van der Waals surface area contributed by atoms with Gasteiger partial charge in [0.1, 0.15) is 0 Å². The third-order valence-electron chi connectivity index (χ3n) is 7.23. The summed E-state index contributed by atoms with van der Waals surface area (Å²) >= 11 is 3.19. The van der Waals surface area contributed by atoms with Gasteiger partial charge in [-0.05, 0) is 86.4 Å². The quantitative estimate of drug-likeness (QED) is 0.412. The second-order valence-electron chi connectivity index (χ2n) is 9.39. The van der Waals surface area contributed by atoms with Crippen LogP contribution in [0.25, 0.3) is 10.7 Å². The number of nitrogens with one attached hydrogen (secondary N) is 1. The van der Waals surface area contributed by atoms with E-state index in [1.54, 1.807) is 11.3 Å². The fraction of sp³-hybridized carbons (Fsp3) is 0.480. The molecule has 3 aromatic rings. The van der Waals surface area contributed by atoms with Crippen molar-refractivity contribution in [1.29, 1.82) is 0 Å². The van der Waals surface area contributed by atoms with E-state index in [4.69, 9.17) is 0 Å². The van der Waals surface area contributed by atoms with E-state index in [0.717, 1.165) is 44.5 Å². The Morgan fingerprint density at radius 2 is 2.12 bits per heavy atom. The van der Waals surface area contributed by atoms with Gasteiger partial charge in [0.2, 0.25) is 5.91 Å². The van der Waals surface area contributed by atoms with Crippen molar-refractivity contribution < 1.29 is 4.79 Å². The molecule has 5 nitrogen and oxygen atoms in total. The van der Waals surface area contributed by atoms with Crippen molar-refractivity contribution >= 4 is 34.7 Å². The number of rotatable bonds is 7. The van der Waals surface area contributed by atoms with Crippen LogP contribution < -0.4 is 5.32 Å². The van der Waals surface area contributed by atoms with Crippen LogP contribution >= 0.6 is 23.1 Å². The number of anilines is 1. The highest BCUT2D eigenvalue weighted by Gasteiger charge is 2.43. The summed E-state index contributed by atoms with van der Waals surface area (Å²) in [7, 11) is 0. The number of thioether (sulfide) groups is 1. The molecule has 2 fully saturated rings. The Balaban J connectivity index is 1.35. The van der Waals surface area contributed by atoms with Crippen LogP contribution in [0.2, 0.25) is 0 Å². The maximum absolute atomic E-state index is 12.7. The Morgan fingerprint density at radius 3 is 2.84 bits per heavy atom. The van der Waals surface area contributed by atoms with Gasteiger partial charge < -0.3 is 5.32 Å². The van der Waals surface area contributed by atoms with Crippen LogP contribution in [0.5, 0.6) is 0 Å². The lowest BCUT2D eigenvalue weighted by molar-refractivity contribution is -0.113. The van der Waals surface area contributed by atoms with Crippen LogP contribution in [-0.4, -0.2) is 26.4 Å². The highest BCUT2D eigenvalue weighted by atomic mass is 32.2. The summed E-state index contributed by atoms with van der Waals surface area (Å²) in [5, 5.41) is 15.1. The summed E-state index contributed by atoms with van der Waals surface area (Å²) in [5.41, 5.74) is 3.09. The molecule has 1 N–H and O–H groups in total. The van der Waals surface area contributed by atoms with Crippen molar-refractivity contribution in [2.24, 2.45) is 17.8 Å². The van der Waals surface area contributed by atoms with E-state index >= 15 is 0 Å². The average molecular weight is 467 g/mol. The molecule has 5 rings (SSSR count). The standard InChI is InChI=1S/C25H30N4OS2/c1-15-6-7-16(2)21(11-15)26-23(30)14-32-25-28-27-24(22-5-4-10-31-22)29(25)17(3)20-13-18-8-9-19(20)12-18/h4-7,10-11,17-20H,8-9,12-14H2,1-3H3,(H,26,30)/t17-,18+,19+,20-/m0/s1. The number of thiophene rings is 1. The molecule has 1 amide bonds. The van der Waals surface area contributed by atoms with Gasteiger partial charge in [0.15, 0.2) is 11.0 Å². The Labute approximate surface area is 198 Å². The maximum Gasteiger partial charge on any atom is 0.234 e. The monoisotopic (exact) mass is 466 g/mol. The minimum Gasteiger partial charge on any atom is -0.325 e. The second-order valence-corrected chi connectivity index (χ2v) is 11.3. The highest BCUT2D eigenvalue weighted by molar-refractivity contribution is 7.99. The topological polar surface area (TPSA) is 59.8 Å². The average Bonchev–Trinajstić information content (AvgIpc) is 3.57. The lowest BCUT2D eigenvalue weighted by atomic mass is 9.84. The molecule has 2 aliphatic carbocycles. The molecule has 32 heavy (non-hydrogen) atoms. The number of hydrogen-bond donors (Lipinski definition) is 1. The number of carbonyl (C=O) groups is 1. The second kappa shape index (κ2) is 9.02. The van der Waals surface area contributed by atoms with Gasteiger partial charge in [-0.3, -0.25) is 9.36 Å². The summed E-state index contributed by atoms with van der Waals surface area (Å²) in [5.74, 6) is 3.63. The summed E-state index contributed by atoms with van der Waals surface area (Å²) in [6.07, 6.45) is 5.45. The summed E-state index contributed by atoms with van der Waals surface area (Å²) in [6, 6.07) is 10.6. The van der Waals surface area contributed by atoms with E-state index in [1.165, 1.54) is 37.4 Å². The molecule has 1 aromatic carbocycles. The summed E-state index contributed by atoms with van der Waals surface area (Å²) in [4.78, 5) is 13.9. The first kappa shape index (κ1) is 21.7. The number of nitrogens with zero attached hydrogens (tertiary/aromatic N) is 3. The van der Waals surface area contributed by atoms with E-state index < -0.39 is 0 Å². The molecule has 168 valence electrons. The lowest BCUT2D eigenvalue weighted by Gasteiger charge is -2.30. The van der Waals surface area contributed by atoms with Crippen molar-refractivity contribution in [2.75, 3.05) is 11.1 Å². The Bertz CT molecular complexity index is 1110. The molecule has 0 saturated heterocycles. The van der Waals surface area contributed by atoms with E-state index in [-0.39, 0.29) is 5.91 Å². The van der Waals surface area contributed by atoms with Crippen molar-refractivity contribution in [3.05, 3.63) is 46.8 Å². The summed E-state index contributed by atoms with van der Waals surface area (Å²) < 4.78 is 2.31. The molecule has 0 spiro atoms. The molecule has 2 bridgehead atoms. The van der Waals surface area contributed by atoms with Crippen LogP contribution in [-0.2, 0) is 4.79 Å². The zero-order valence-corrected chi connectivity index (χ0v) is 20.5. The Kier molecular flexibility index (Phi) is 6.12. The van der Waals surface area contributed by atoms with Crippen molar-refractivity contribution in [3.63, 3.8) is 0 Å². The van der Waals surface area contributed by atoms with Crippen molar-refractivity contribution in [1.82, 2.24) is 14.8 Å². The molecule has 2 aliphatic rings. The van der Waals surface area contributed by atoms with Gasteiger partial charge >= 0.3 is 0 Å². The number of aromatic nitrogens is 3. The largest absolute Gasteiger partial charge is 0.325 e.